The molecular formula is C15H23NO2. The van der Waals surface area contributed by atoms with Crippen molar-refractivity contribution in [1.82, 2.24) is 5.32 Å². The second-order valence-corrected chi connectivity index (χ2v) is 4.63. The zero-order valence-corrected chi connectivity index (χ0v) is 11.7. The largest absolute Gasteiger partial charge is 0.469 e. The maximum absolute atomic E-state index is 11.4. The van der Waals surface area contributed by atoms with Crippen LogP contribution in [0.1, 0.15) is 42.5 Å². The second-order valence-electron chi connectivity index (χ2n) is 4.63. The highest BCUT2D eigenvalue weighted by atomic mass is 16.5. The minimum atomic E-state index is -0.179. The first kappa shape index (κ1) is 14.7. The number of rotatable bonds is 6. The lowest BCUT2D eigenvalue weighted by molar-refractivity contribution is -0.141. The molecule has 0 saturated carbocycles. The summed E-state index contributed by atoms with van der Waals surface area (Å²) < 4.78 is 4.76. The highest BCUT2D eigenvalue weighted by Gasteiger charge is 2.16. The van der Waals surface area contributed by atoms with Crippen LogP contribution in [0.5, 0.6) is 0 Å². The molecule has 0 aromatic heterocycles. The number of hydrogen-bond donors (Lipinski definition) is 1. The summed E-state index contributed by atoms with van der Waals surface area (Å²) in [6.07, 6.45) is 1.42. The van der Waals surface area contributed by atoms with Gasteiger partial charge in [0.25, 0.3) is 0 Å². The normalized spacial score (nSPS) is 12.2. The van der Waals surface area contributed by atoms with Gasteiger partial charge in [-0.15, -0.1) is 0 Å². The number of methoxy groups -OCH3 is 1. The molecule has 0 aliphatic carbocycles. The van der Waals surface area contributed by atoms with Crippen LogP contribution in [-0.4, -0.2) is 19.6 Å². The summed E-state index contributed by atoms with van der Waals surface area (Å²) in [6.45, 7) is 7.19. The van der Waals surface area contributed by atoms with Gasteiger partial charge in [0, 0.05) is 6.04 Å². The van der Waals surface area contributed by atoms with Crippen molar-refractivity contribution in [3.8, 4) is 0 Å². The Morgan fingerprint density at radius 2 is 2.06 bits per heavy atom. The SMILES string of the molecule is CCCNC(CC(=O)OC)c1ccc(C)c(C)c1. The van der Waals surface area contributed by atoms with E-state index < -0.39 is 0 Å². The smallest absolute Gasteiger partial charge is 0.307 e. The van der Waals surface area contributed by atoms with E-state index in [1.54, 1.807) is 0 Å². The number of carbonyl (C=O) groups excluding carboxylic acids is 1. The highest BCUT2D eigenvalue weighted by Crippen LogP contribution is 2.20. The summed E-state index contributed by atoms with van der Waals surface area (Å²) in [4.78, 5) is 11.4. The minimum absolute atomic E-state index is 0.0386. The molecule has 18 heavy (non-hydrogen) atoms. The Balaban J connectivity index is 2.86. The van der Waals surface area contributed by atoms with Gasteiger partial charge >= 0.3 is 5.97 Å². The van der Waals surface area contributed by atoms with Crippen LogP contribution < -0.4 is 5.32 Å². The molecular weight excluding hydrogens is 226 g/mol. The van der Waals surface area contributed by atoms with Gasteiger partial charge in [-0.25, -0.2) is 0 Å². The summed E-state index contributed by atoms with van der Waals surface area (Å²) in [5.41, 5.74) is 3.67. The Bertz CT molecular complexity index is 401. The zero-order chi connectivity index (χ0) is 13.5. The molecule has 1 aromatic rings. The number of benzene rings is 1. The average Bonchev–Trinajstić information content (AvgIpc) is 2.37. The van der Waals surface area contributed by atoms with Crippen molar-refractivity contribution in [2.24, 2.45) is 0 Å². The first-order valence-electron chi connectivity index (χ1n) is 6.45. The number of ether oxygens (including phenoxy) is 1. The van der Waals surface area contributed by atoms with Crippen molar-refractivity contribution >= 4 is 5.97 Å². The van der Waals surface area contributed by atoms with Crippen LogP contribution in [0.4, 0.5) is 0 Å². The third kappa shape index (κ3) is 4.15. The van der Waals surface area contributed by atoms with E-state index in [1.807, 2.05) is 0 Å². The van der Waals surface area contributed by atoms with Crippen LogP contribution in [-0.2, 0) is 9.53 Å². The van der Waals surface area contributed by atoms with E-state index in [2.05, 4.69) is 44.3 Å². The molecule has 3 heteroatoms. The molecule has 0 radical (unpaired) electrons. The van der Waals surface area contributed by atoms with Gasteiger partial charge in [0.15, 0.2) is 0 Å². The highest BCUT2D eigenvalue weighted by molar-refractivity contribution is 5.70. The third-order valence-electron chi connectivity index (χ3n) is 3.17. The molecule has 3 nitrogen and oxygen atoms in total. The van der Waals surface area contributed by atoms with Gasteiger partial charge in [-0.3, -0.25) is 4.79 Å². The second kappa shape index (κ2) is 7.17. The average molecular weight is 249 g/mol. The van der Waals surface area contributed by atoms with Crippen LogP contribution in [0.25, 0.3) is 0 Å². The number of aryl methyl sites for hydroxylation is 2. The molecule has 1 rings (SSSR count). The Morgan fingerprint density at radius 1 is 1.33 bits per heavy atom. The van der Waals surface area contributed by atoms with Crippen LogP contribution in [0.15, 0.2) is 18.2 Å². The van der Waals surface area contributed by atoms with Gasteiger partial charge in [0.2, 0.25) is 0 Å². The van der Waals surface area contributed by atoms with Gasteiger partial charge in [0.1, 0.15) is 0 Å². The van der Waals surface area contributed by atoms with Crippen molar-refractivity contribution in [1.29, 1.82) is 0 Å². The molecule has 0 saturated heterocycles. The quantitative estimate of drug-likeness (QED) is 0.788. The predicted octanol–water partition coefficient (Wildman–Crippen LogP) is 2.91. The van der Waals surface area contributed by atoms with E-state index in [-0.39, 0.29) is 12.0 Å². The van der Waals surface area contributed by atoms with E-state index in [0.717, 1.165) is 18.5 Å². The standard InChI is InChI=1S/C15H23NO2/c1-5-8-16-14(10-15(17)18-4)13-7-6-11(2)12(3)9-13/h6-7,9,14,16H,5,8,10H2,1-4H3. The lowest BCUT2D eigenvalue weighted by atomic mass is 9.99. The summed E-state index contributed by atoms with van der Waals surface area (Å²) in [5, 5.41) is 3.40. The number of hydrogen-bond acceptors (Lipinski definition) is 3. The molecule has 0 heterocycles. The molecule has 1 aromatic carbocycles. The molecule has 0 aliphatic heterocycles. The summed E-state index contributed by atoms with van der Waals surface area (Å²) in [7, 11) is 1.43. The van der Waals surface area contributed by atoms with E-state index in [1.165, 1.54) is 18.2 Å². The topological polar surface area (TPSA) is 38.3 Å². The molecule has 0 amide bonds. The summed E-state index contributed by atoms with van der Waals surface area (Å²) in [6, 6.07) is 6.36. The van der Waals surface area contributed by atoms with Crippen LogP contribution in [0, 0.1) is 13.8 Å². The minimum Gasteiger partial charge on any atom is -0.469 e. The van der Waals surface area contributed by atoms with Crippen LogP contribution in [0.3, 0.4) is 0 Å². The van der Waals surface area contributed by atoms with Crippen molar-refractivity contribution in [2.75, 3.05) is 13.7 Å². The Labute approximate surface area is 110 Å². The molecule has 0 aliphatic rings. The fraction of sp³-hybridized carbons (Fsp3) is 0.533. The van der Waals surface area contributed by atoms with Crippen molar-refractivity contribution in [3.05, 3.63) is 34.9 Å². The fourth-order valence-electron chi connectivity index (χ4n) is 1.86. The predicted molar refractivity (Wildman–Crippen MR) is 73.6 cm³/mol. The van der Waals surface area contributed by atoms with Gasteiger partial charge in [0.05, 0.1) is 13.5 Å². The molecule has 0 bridgehead atoms. The maximum atomic E-state index is 11.4. The number of esters is 1. The molecule has 1 atom stereocenters. The Morgan fingerprint density at radius 3 is 2.61 bits per heavy atom. The van der Waals surface area contributed by atoms with Crippen LogP contribution in [0.2, 0.25) is 0 Å². The van der Waals surface area contributed by atoms with E-state index in [0.29, 0.717) is 6.42 Å². The van der Waals surface area contributed by atoms with E-state index in [9.17, 15) is 4.79 Å². The maximum Gasteiger partial charge on any atom is 0.307 e. The van der Waals surface area contributed by atoms with Gasteiger partial charge in [-0.05, 0) is 43.5 Å². The Kier molecular flexibility index (Phi) is 5.86. The number of carbonyl (C=O) groups is 1. The summed E-state index contributed by atoms with van der Waals surface area (Å²) >= 11 is 0. The van der Waals surface area contributed by atoms with Gasteiger partial charge < -0.3 is 10.1 Å². The third-order valence-corrected chi connectivity index (χ3v) is 3.17. The Hall–Kier alpha value is -1.35. The van der Waals surface area contributed by atoms with Crippen LogP contribution >= 0.6 is 0 Å². The first-order valence-corrected chi connectivity index (χ1v) is 6.45. The molecule has 0 fully saturated rings. The van der Waals surface area contributed by atoms with Gasteiger partial charge in [-0.1, -0.05) is 25.1 Å². The lowest BCUT2D eigenvalue weighted by Gasteiger charge is -2.19. The van der Waals surface area contributed by atoms with E-state index >= 15 is 0 Å². The fourth-order valence-corrected chi connectivity index (χ4v) is 1.86. The summed E-state index contributed by atoms with van der Waals surface area (Å²) in [5.74, 6) is -0.179. The van der Waals surface area contributed by atoms with Crippen molar-refractivity contribution < 1.29 is 9.53 Å². The molecule has 100 valence electrons. The monoisotopic (exact) mass is 249 g/mol. The van der Waals surface area contributed by atoms with E-state index in [4.69, 9.17) is 4.74 Å². The molecule has 1 N–H and O–H groups in total. The van der Waals surface area contributed by atoms with Crippen molar-refractivity contribution in [3.63, 3.8) is 0 Å². The van der Waals surface area contributed by atoms with Crippen molar-refractivity contribution in [2.45, 2.75) is 39.7 Å². The number of nitrogens with one attached hydrogen (secondary N) is 1. The molecule has 1 unspecified atom stereocenters. The lowest BCUT2D eigenvalue weighted by Crippen LogP contribution is -2.25. The molecule has 0 spiro atoms. The first-order chi connectivity index (χ1) is 8.58. The van der Waals surface area contributed by atoms with Gasteiger partial charge in [-0.2, -0.15) is 0 Å². The zero-order valence-electron chi connectivity index (χ0n) is 11.7.